The Balaban J connectivity index is 2.10. The molecule has 3 aliphatic rings. The average molecular weight is 226 g/mol. The number of carbonyl (C=O) groups is 1. The van der Waals surface area contributed by atoms with Gasteiger partial charge < -0.3 is 5.73 Å². The Morgan fingerprint density at radius 3 is 3.06 bits per heavy atom. The van der Waals surface area contributed by atoms with Crippen LogP contribution in [0.25, 0.3) is 11.1 Å². The van der Waals surface area contributed by atoms with Gasteiger partial charge in [0.1, 0.15) is 0 Å². The van der Waals surface area contributed by atoms with Gasteiger partial charge in [-0.25, -0.2) is 0 Å². The number of rotatable bonds is 1. The molecule has 0 saturated heterocycles. The Kier molecular flexibility index (Phi) is 2.32. The summed E-state index contributed by atoms with van der Waals surface area (Å²) in [6.45, 7) is 0. The molecule has 0 saturated carbocycles. The van der Waals surface area contributed by atoms with Crippen molar-refractivity contribution < 1.29 is 4.79 Å². The van der Waals surface area contributed by atoms with E-state index in [-0.39, 0.29) is 11.8 Å². The SMILES string of the molecule is NC(=O)C1CCc2c3cccc-3ccnc2C1. The minimum atomic E-state index is -0.206. The van der Waals surface area contributed by atoms with E-state index in [2.05, 4.69) is 23.2 Å². The Morgan fingerprint density at radius 2 is 2.24 bits per heavy atom. The summed E-state index contributed by atoms with van der Waals surface area (Å²) in [6, 6.07) is 8.30. The van der Waals surface area contributed by atoms with Crippen molar-refractivity contribution in [2.45, 2.75) is 19.3 Å². The molecule has 3 heteroatoms. The standard InChI is InChI=1S/C14H14N2O/c15-14(17)10-4-5-12-11-3-1-2-9(11)6-7-16-13(12)8-10/h1-3,6-7,10H,4-5,8H2,(H2,15,17). The molecule has 0 spiro atoms. The second kappa shape index (κ2) is 3.84. The van der Waals surface area contributed by atoms with Gasteiger partial charge >= 0.3 is 0 Å². The summed E-state index contributed by atoms with van der Waals surface area (Å²) in [7, 11) is 0. The third-order valence-electron chi connectivity index (χ3n) is 3.59. The second-order valence-electron chi connectivity index (χ2n) is 4.61. The number of hydrogen-bond acceptors (Lipinski definition) is 2. The molecule has 86 valence electrons. The number of hydrogen-bond donors (Lipinski definition) is 1. The van der Waals surface area contributed by atoms with Crippen LogP contribution in [-0.4, -0.2) is 10.9 Å². The second-order valence-corrected chi connectivity index (χ2v) is 4.61. The summed E-state index contributed by atoms with van der Waals surface area (Å²) in [5.41, 5.74) is 10.2. The van der Waals surface area contributed by atoms with Gasteiger partial charge in [0.2, 0.25) is 5.91 Å². The molecule has 0 aromatic rings. The zero-order valence-electron chi connectivity index (χ0n) is 9.52. The molecule has 1 atom stereocenters. The van der Waals surface area contributed by atoms with E-state index in [9.17, 15) is 4.79 Å². The Labute approximate surface area is 100 Å². The fourth-order valence-corrected chi connectivity index (χ4v) is 2.65. The van der Waals surface area contributed by atoms with Gasteiger partial charge in [0.25, 0.3) is 0 Å². The van der Waals surface area contributed by atoms with Gasteiger partial charge in [-0.05, 0) is 35.6 Å². The van der Waals surface area contributed by atoms with Crippen molar-refractivity contribution in [1.82, 2.24) is 4.98 Å². The van der Waals surface area contributed by atoms with E-state index in [1.807, 2.05) is 12.3 Å². The van der Waals surface area contributed by atoms with E-state index in [0.717, 1.165) is 18.5 Å². The first-order valence-corrected chi connectivity index (χ1v) is 5.90. The van der Waals surface area contributed by atoms with E-state index in [1.165, 1.54) is 16.7 Å². The van der Waals surface area contributed by atoms with E-state index in [0.29, 0.717) is 6.42 Å². The summed E-state index contributed by atoms with van der Waals surface area (Å²) in [5.74, 6) is -0.259. The molecule has 17 heavy (non-hydrogen) atoms. The summed E-state index contributed by atoms with van der Waals surface area (Å²) in [5, 5.41) is 0. The molecule has 0 fully saturated rings. The van der Waals surface area contributed by atoms with Crippen LogP contribution in [0.2, 0.25) is 0 Å². The van der Waals surface area contributed by atoms with Crippen molar-refractivity contribution in [3.63, 3.8) is 0 Å². The number of nitrogens with two attached hydrogens (primary N) is 1. The maximum atomic E-state index is 11.3. The monoisotopic (exact) mass is 226 g/mol. The van der Waals surface area contributed by atoms with E-state index in [1.54, 1.807) is 0 Å². The Morgan fingerprint density at radius 1 is 1.35 bits per heavy atom. The smallest absolute Gasteiger partial charge is 0.220 e. The van der Waals surface area contributed by atoms with Gasteiger partial charge in [-0.2, -0.15) is 0 Å². The molecule has 2 aliphatic carbocycles. The molecular formula is C14H14N2O. The highest BCUT2D eigenvalue weighted by Gasteiger charge is 2.25. The topological polar surface area (TPSA) is 56.0 Å². The van der Waals surface area contributed by atoms with Crippen LogP contribution in [0.15, 0.2) is 30.5 Å². The predicted octanol–water partition coefficient (Wildman–Crippen LogP) is 1.78. The minimum absolute atomic E-state index is 0.0533. The predicted molar refractivity (Wildman–Crippen MR) is 65.6 cm³/mol. The highest BCUT2D eigenvalue weighted by molar-refractivity contribution is 5.78. The molecule has 3 rings (SSSR count). The third kappa shape index (κ3) is 1.68. The fraction of sp³-hybridized carbons (Fsp3) is 0.286. The van der Waals surface area contributed by atoms with Gasteiger partial charge in [0.15, 0.2) is 0 Å². The summed E-state index contributed by atoms with van der Waals surface area (Å²) < 4.78 is 0. The fourth-order valence-electron chi connectivity index (χ4n) is 2.65. The maximum absolute atomic E-state index is 11.3. The number of aromatic nitrogens is 1. The number of nitrogens with zero attached hydrogens (tertiary/aromatic N) is 1. The molecule has 2 N–H and O–H groups in total. The van der Waals surface area contributed by atoms with Crippen molar-refractivity contribution in [3.8, 4) is 11.1 Å². The zero-order valence-corrected chi connectivity index (χ0v) is 9.52. The van der Waals surface area contributed by atoms with Crippen molar-refractivity contribution in [1.29, 1.82) is 0 Å². The van der Waals surface area contributed by atoms with Crippen molar-refractivity contribution in [2.24, 2.45) is 11.7 Å². The summed E-state index contributed by atoms with van der Waals surface area (Å²) in [4.78, 5) is 15.7. The van der Waals surface area contributed by atoms with Crippen molar-refractivity contribution >= 4 is 5.91 Å². The Hall–Kier alpha value is -1.90. The van der Waals surface area contributed by atoms with Gasteiger partial charge in [-0.15, -0.1) is 0 Å². The Bertz CT molecular complexity index is 550. The highest BCUT2D eigenvalue weighted by atomic mass is 16.1. The average Bonchev–Trinajstić information content (AvgIpc) is 2.71. The van der Waals surface area contributed by atoms with Crippen LogP contribution < -0.4 is 5.73 Å². The minimum Gasteiger partial charge on any atom is -0.369 e. The van der Waals surface area contributed by atoms with Gasteiger partial charge in [-0.3, -0.25) is 9.78 Å². The first-order chi connectivity index (χ1) is 8.25. The van der Waals surface area contributed by atoms with Crippen LogP contribution in [0.4, 0.5) is 0 Å². The molecule has 0 radical (unpaired) electrons. The largest absolute Gasteiger partial charge is 0.369 e. The van der Waals surface area contributed by atoms with Crippen molar-refractivity contribution in [2.75, 3.05) is 0 Å². The third-order valence-corrected chi connectivity index (χ3v) is 3.59. The molecule has 1 heterocycles. The lowest BCUT2D eigenvalue weighted by Crippen LogP contribution is -2.29. The lowest BCUT2D eigenvalue weighted by Gasteiger charge is -2.21. The molecule has 1 amide bonds. The number of amides is 1. The molecule has 3 nitrogen and oxygen atoms in total. The quantitative estimate of drug-likeness (QED) is 0.805. The first kappa shape index (κ1) is 10.3. The lowest BCUT2D eigenvalue weighted by molar-refractivity contribution is -0.122. The van der Waals surface area contributed by atoms with E-state index < -0.39 is 0 Å². The molecule has 1 unspecified atom stereocenters. The van der Waals surface area contributed by atoms with Gasteiger partial charge in [0.05, 0.1) is 0 Å². The normalized spacial score (nSPS) is 18.9. The van der Waals surface area contributed by atoms with Crippen LogP contribution in [0, 0.1) is 5.92 Å². The van der Waals surface area contributed by atoms with E-state index in [4.69, 9.17) is 5.73 Å². The molecule has 0 aromatic carbocycles. The first-order valence-electron chi connectivity index (χ1n) is 5.90. The van der Waals surface area contributed by atoms with Gasteiger partial charge in [-0.1, -0.05) is 18.2 Å². The molecule has 0 bridgehead atoms. The molecule has 1 aliphatic heterocycles. The summed E-state index contributed by atoms with van der Waals surface area (Å²) in [6.07, 6.45) is 4.24. The van der Waals surface area contributed by atoms with Crippen molar-refractivity contribution in [3.05, 3.63) is 41.7 Å². The van der Waals surface area contributed by atoms with Gasteiger partial charge in [0, 0.05) is 24.2 Å². The molecular weight excluding hydrogens is 212 g/mol. The zero-order chi connectivity index (χ0) is 11.8. The number of carbonyl (C=O) groups excluding carboxylic acids is 1. The highest BCUT2D eigenvalue weighted by Crippen LogP contribution is 2.33. The van der Waals surface area contributed by atoms with Crippen LogP contribution in [0.3, 0.4) is 0 Å². The van der Waals surface area contributed by atoms with E-state index >= 15 is 0 Å². The molecule has 0 aromatic heterocycles. The number of primary amides is 1. The van der Waals surface area contributed by atoms with Crippen LogP contribution in [-0.2, 0) is 17.6 Å². The summed E-state index contributed by atoms with van der Waals surface area (Å²) >= 11 is 0. The van der Waals surface area contributed by atoms with Crippen LogP contribution in [0.5, 0.6) is 0 Å². The lowest BCUT2D eigenvalue weighted by atomic mass is 9.84. The van der Waals surface area contributed by atoms with Crippen LogP contribution >= 0.6 is 0 Å². The van der Waals surface area contributed by atoms with Crippen LogP contribution in [0.1, 0.15) is 17.7 Å². The number of fused-ring (bicyclic) bond motifs is 3. The maximum Gasteiger partial charge on any atom is 0.220 e.